The summed E-state index contributed by atoms with van der Waals surface area (Å²) in [5.74, 6) is -1.27. The molecule has 2 amide bonds. The van der Waals surface area contributed by atoms with Crippen LogP contribution in [0.5, 0.6) is 0 Å². The number of hydrogen-bond acceptors (Lipinski definition) is 3. The molecule has 0 radical (unpaired) electrons. The molecule has 2 aromatic rings. The summed E-state index contributed by atoms with van der Waals surface area (Å²) in [5, 5.41) is 2.66. The first-order chi connectivity index (χ1) is 13.1. The third kappa shape index (κ3) is 3.74. The number of imidazole rings is 1. The van der Waals surface area contributed by atoms with E-state index in [0.717, 1.165) is 25.7 Å². The van der Waals surface area contributed by atoms with E-state index in [-0.39, 0.29) is 23.4 Å². The molecule has 2 aliphatic heterocycles. The quantitative estimate of drug-likeness (QED) is 0.891. The number of nitrogens with zero attached hydrogens (tertiary/aromatic N) is 4. The van der Waals surface area contributed by atoms with Crippen molar-refractivity contribution in [2.45, 2.75) is 38.3 Å². The Hall–Kier alpha value is -2.64. The van der Waals surface area contributed by atoms with Crippen LogP contribution in [0.15, 0.2) is 30.9 Å². The maximum atomic E-state index is 14.5. The van der Waals surface area contributed by atoms with Gasteiger partial charge in [-0.2, -0.15) is 0 Å². The molecule has 6 nitrogen and oxygen atoms in total. The Morgan fingerprint density at radius 2 is 1.89 bits per heavy atom. The summed E-state index contributed by atoms with van der Waals surface area (Å²) in [6.45, 7) is 2.60. The zero-order valence-electron chi connectivity index (χ0n) is 15.1. The summed E-state index contributed by atoms with van der Waals surface area (Å²) in [4.78, 5) is 20.1. The molecular weight excluding hydrogens is 352 g/mol. The first kappa shape index (κ1) is 17.8. The fourth-order valence-electron chi connectivity index (χ4n) is 4.01. The Morgan fingerprint density at radius 1 is 1.15 bits per heavy atom. The summed E-state index contributed by atoms with van der Waals surface area (Å²) in [6.07, 6.45) is 8.94. The zero-order chi connectivity index (χ0) is 18.8. The Labute approximate surface area is 156 Å². The minimum Gasteiger partial charge on any atom is -0.367 e. The van der Waals surface area contributed by atoms with E-state index in [0.29, 0.717) is 26.2 Å². The number of benzene rings is 1. The molecule has 2 aliphatic rings. The van der Waals surface area contributed by atoms with E-state index in [1.54, 1.807) is 22.3 Å². The van der Waals surface area contributed by atoms with Gasteiger partial charge in [0.25, 0.3) is 0 Å². The number of anilines is 2. The molecule has 0 aliphatic carbocycles. The number of nitrogens with one attached hydrogen (secondary N) is 1. The molecule has 2 saturated heterocycles. The van der Waals surface area contributed by atoms with Gasteiger partial charge in [0.1, 0.15) is 5.69 Å². The lowest BCUT2D eigenvalue weighted by atomic mass is 10.2. The van der Waals surface area contributed by atoms with Crippen LogP contribution in [-0.4, -0.2) is 46.2 Å². The molecule has 27 heavy (non-hydrogen) atoms. The number of amides is 2. The van der Waals surface area contributed by atoms with Crippen LogP contribution in [0.1, 0.15) is 25.7 Å². The third-order valence-corrected chi connectivity index (χ3v) is 5.31. The van der Waals surface area contributed by atoms with E-state index in [1.165, 1.54) is 12.1 Å². The highest BCUT2D eigenvalue weighted by atomic mass is 19.1. The molecule has 2 fully saturated rings. The van der Waals surface area contributed by atoms with Crippen molar-refractivity contribution in [3.05, 3.63) is 42.5 Å². The monoisotopic (exact) mass is 375 g/mol. The van der Waals surface area contributed by atoms with Gasteiger partial charge in [-0.15, -0.1) is 0 Å². The van der Waals surface area contributed by atoms with Crippen LogP contribution in [-0.2, 0) is 6.54 Å². The normalized spacial score (nSPS) is 19.7. The van der Waals surface area contributed by atoms with Crippen molar-refractivity contribution in [1.29, 1.82) is 0 Å². The number of halogens is 2. The van der Waals surface area contributed by atoms with Crippen molar-refractivity contribution in [1.82, 2.24) is 14.5 Å². The van der Waals surface area contributed by atoms with Crippen molar-refractivity contribution in [3.8, 4) is 0 Å². The molecule has 0 saturated carbocycles. The van der Waals surface area contributed by atoms with Crippen molar-refractivity contribution in [2.75, 3.05) is 29.9 Å². The van der Waals surface area contributed by atoms with Crippen molar-refractivity contribution < 1.29 is 13.6 Å². The molecule has 0 bridgehead atoms. The van der Waals surface area contributed by atoms with E-state index in [4.69, 9.17) is 0 Å². The number of likely N-dealkylation sites (tertiary alicyclic amines) is 1. The third-order valence-electron chi connectivity index (χ3n) is 5.31. The maximum absolute atomic E-state index is 14.5. The predicted octanol–water partition coefficient (Wildman–Crippen LogP) is 3.46. The van der Waals surface area contributed by atoms with E-state index < -0.39 is 11.6 Å². The first-order valence-electron chi connectivity index (χ1n) is 9.39. The van der Waals surface area contributed by atoms with Gasteiger partial charge in [-0.3, -0.25) is 0 Å². The van der Waals surface area contributed by atoms with Crippen LogP contribution in [0.4, 0.5) is 25.0 Å². The average molecular weight is 375 g/mol. The SMILES string of the molecule is O=C(Nc1cc(F)c(N2CCCC2)c(F)c1)N1CCCC1Cn1ccnc1. The van der Waals surface area contributed by atoms with Gasteiger partial charge in [-0.05, 0) is 37.8 Å². The average Bonchev–Trinajstić information content (AvgIpc) is 3.37. The number of aromatic nitrogens is 2. The second-order valence-electron chi connectivity index (χ2n) is 7.16. The summed E-state index contributed by atoms with van der Waals surface area (Å²) in [6, 6.07) is 2.12. The fraction of sp³-hybridized carbons (Fsp3) is 0.474. The highest BCUT2D eigenvalue weighted by Crippen LogP contribution is 2.30. The number of carbonyl (C=O) groups excluding carboxylic acids is 1. The molecule has 0 spiro atoms. The highest BCUT2D eigenvalue weighted by molar-refractivity contribution is 5.90. The molecule has 144 valence electrons. The largest absolute Gasteiger partial charge is 0.367 e. The molecule has 8 heteroatoms. The van der Waals surface area contributed by atoms with Crippen molar-refractivity contribution >= 4 is 17.4 Å². The van der Waals surface area contributed by atoms with Crippen LogP contribution in [0, 0.1) is 11.6 Å². The van der Waals surface area contributed by atoms with Gasteiger partial charge in [0, 0.05) is 44.3 Å². The summed E-state index contributed by atoms with van der Waals surface area (Å²) in [7, 11) is 0. The fourth-order valence-corrected chi connectivity index (χ4v) is 4.01. The first-order valence-corrected chi connectivity index (χ1v) is 9.39. The molecule has 1 atom stereocenters. The Kier molecular flexibility index (Phi) is 4.96. The van der Waals surface area contributed by atoms with Crippen LogP contribution >= 0.6 is 0 Å². The standard InChI is InChI=1S/C19H23F2N5O/c20-16-10-14(11-17(21)18(16)25-6-1-2-7-25)23-19(27)26-8-3-4-15(26)12-24-9-5-22-13-24/h5,9-11,13,15H,1-4,6-8,12H2,(H,23,27). The molecule has 1 aromatic carbocycles. The number of hydrogen-bond donors (Lipinski definition) is 1. The van der Waals surface area contributed by atoms with Gasteiger partial charge in [-0.25, -0.2) is 18.6 Å². The molecular formula is C19H23F2N5O. The van der Waals surface area contributed by atoms with Crippen molar-refractivity contribution in [3.63, 3.8) is 0 Å². The Morgan fingerprint density at radius 3 is 2.56 bits per heavy atom. The molecule has 1 unspecified atom stereocenters. The second kappa shape index (κ2) is 7.54. The summed E-state index contributed by atoms with van der Waals surface area (Å²) >= 11 is 0. The number of carbonyl (C=O) groups is 1. The minimum atomic E-state index is -0.636. The van der Waals surface area contributed by atoms with E-state index in [9.17, 15) is 13.6 Å². The van der Waals surface area contributed by atoms with E-state index in [2.05, 4.69) is 10.3 Å². The number of rotatable bonds is 4. The van der Waals surface area contributed by atoms with E-state index in [1.807, 2.05) is 10.8 Å². The lowest BCUT2D eigenvalue weighted by Crippen LogP contribution is -2.40. The molecule has 1 aromatic heterocycles. The Balaban J connectivity index is 1.45. The highest BCUT2D eigenvalue weighted by Gasteiger charge is 2.29. The lowest BCUT2D eigenvalue weighted by molar-refractivity contribution is 0.201. The zero-order valence-corrected chi connectivity index (χ0v) is 15.1. The summed E-state index contributed by atoms with van der Waals surface area (Å²) < 4.78 is 30.9. The smallest absolute Gasteiger partial charge is 0.322 e. The van der Waals surface area contributed by atoms with Gasteiger partial charge in [0.05, 0.1) is 12.4 Å². The topological polar surface area (TPSA) is 53.4 Å². The van der Waals surface area contributed by atoms with Gasteiger partial charge >= 0.3 is 6.03 Å². The van der Waals surface area contributed by atoms with E-state index >= 15 is 0 Å². The molecule has 3 heterocycles. The minimum absolute atomic E-state index is 0.00431. The Bertz CT molecular complexity index is 781. The maximum Gasteiger partial charge on any atom is 0.322 e. The lowest BCUT2D eigenvalue weighted by Gasteiger charge is -2.25. The van der Waals surface area contributed by atoms with Gasteiger partial charge in [-0.1, -0.05) is 0 Å². The van der Waals surface area contributed by atoms with Crippen LogP contribution in [0.25, 0.3) is 0 Å². The molecule has 4 rings (SSSR count). The van der Waals surface area contributed by atoms with Crippen LogP contribution in [0.3, 0.4) is 0 Å². The van der Waals surface area contributed by atoms with Crippen LogP contribution < -0.4 is 10.2 Å². The second-order valence-corrected chi connectivity index (χ2v) is 7.16. The molecule has 1 N–H and O–H groups in total. The van der Waals surface area contributed by atoms with Gasteiger partial charge in [0.2, 0.25) is 0 Å². The van der Waals surface area contributed by atoms with Crippen LogP contribution in [0.2, 0.25) is 0 Å². The van der Waals surface area contributed by atoms with Gasteiger partial charge in [0.15, 0.2) is 11.6 Å². The summed E-state index contributed by atoms with van der Waals surface area (Å²) in [5.41, 5.74) is 0.149. The van der Waals surface area contributed by atoms with Gasteiger partial charge < -0.3 is 19.7 Å². The van der Waals surface area contributed by atoms with Crippen molar-refractivity contribution in [2.24, 2.45) is 0 Å². The number of urea groups is 1. The predicted molar refractivity (Wildman–Crippen MR) is 98.8 cm³/mol.